The van der Waals surface area contributed by atoms with Crippen LogP contribution in [0.5, 0.6) is 0 Å². The first-order chi connectivity index (χ1) is 14.0. The molecule has 29 heavy (non-hydrogen) atoms. The fourth-order valence-electron chi connectivity index (χ4n) is 7.06. The van der Waals surface area contributed by atoms with Crippen LogP contribution in [0.25, 0.3) is 0 Å². The van der Waals surface area contributed by atoms with E-state index in [1.165, 1.54) is 76.5 Å². The van der Waals surface area contributed by atoms with Crippen LogP contribution in [0.3, 0.4) is 0 Å². The lowest BCUT2D eigenvalue weighted by Crippen LogP contribution is -2.40. The second-order valence-corrected chi connectivity index (χ2v) is 10.7. The van der Waals surface area contributed by atoms with Gasteiger partial charge in [-0.1, -0.05) is 37.6 Å². The zero-order chi connectivity index (χ0) is 20.4. The van der Waals surface area contributed by atoms with Crippen LogP contribution in [-0.4, -0.2) is 35.2 Å². The molecule has 4 aliphatic rings. The highest BCUT2D eigenvalue weighted by molar-refractivity contribution is 5.37. The van der Waals surface area contributed by atoms with E-state index >= 15 is 0 Å². The van der Waals surface area contributed by atoms with Gasteiger partial charge in [-0.3, -0.25) is 0 Å². The number of fused-ring (bicyclic) bond motifs is 1. The molecule has 162 valence electrons. The molecule has 0 aromatic carbocycles. The van der Waals surface area contributed by atoms with Crippen molar-refractivity contribution < 1.29 is 5.11 Å². The molecule has 4 fully saturated rings. The molecule has 2 nitrogen and oxygen atoms in total. The maximum absolute atomic E-state index is 10.1. The molecule has 4 rings (SSSR count). The molecular weight excluding hydrogens is 354 g/mol. The van der Waals surface area contributed by atoms with Gasteiger partial charge in [-0.2, -0.15) is 0 Å². The van der Waals surface area contributed by atoms with Gasteiger partial charge in [0.1, 0.15) is 0 Å². The summed E-state index contributed by atoms with van der Waals surface area (Å²) in [6.45, 7) is 11.8. The van der Waals surface area contributed by atoms with Gasteiger partial charge in [0.05, 0.1) is 6.10 Å². The van der Waals surface area contributed by atoms with Crippen LogP contribution in [0.15, 0.2) is 35.5 Å². The molecular formula is C27H43NO. The first-order valence-corrected chi connectivity index (χ1v) is 12.5. The van der Waals surface area contributed by atoms with E-state index in [1.54, 1.807) is 5.57 Å². The Morgan fingerprint density at radius 1 is 1.07 bits per heavy atom. The average Bonchev–Trinajstić information content (AvgIpc) is 3.05. The SMILES string of the molecule is C=C1/C(=C\C=C2/CCCC3(C)C2CC[C@@H]3CCN2CCCCC2C)CCC[C@@H]1O. The molecule has 5 atom stereocenters. The van der Waals surface area contributed by atoms with Crippen molar-refractivity contribution in [3.8, 4) is 0 Å². The second-order valence-electron chi connectivity index (χ2n) is 10.7. The molecule has 0 radical (unpaired) electrons. The summed E-state index contributed by atoms with van der Waals surface area (Å²) >= 11 is 0. The maximum Gasteiger partial charge on any atom is 0.0787 e. The van der Waals surface area contributed by atoms with E-state index < -0.39 is 0 Å². The van der Waals surface area contributed by atoms with E-state index in [1.807, 2.05) is 0 Å². The molecule has 1 saturated heterocycles. The number of rotatable bonds is 4. The minimum absolute atomic E-state index is 0.321. The lowest BCUT2D eigenvalue weighted by molar-refractivity contribution is 0.0982. The van der Waals surface area contributed by atoms with Crippen molar-refractivity contribution in [3.63, 3.8) is 0 Å². The quantitative estimate of drug-likeness (QED) is 0.591. The highest BCUT2D eigenvalue weighted by atomic mass is 16.3. The zero-order valence-corrected chi connectivity index (χ0v) is 19.0. The fourth-order valence-corrected chi connectivity index (χ4v) is 7.06. The average molecular weight is 398 g/mol. The largest absolute Gasteiger partial charge is 0.388 e. The van der Waals surface area contributed by atoms with Gasteiger partial charge in [0.25, 0.3) is 0 Å². The zero-order valence-electron chi connectivity index (χ0n) is 19.0. The van der Waals surface area contributed by atoms with E-state index in [4.69, 9.17) is 0 Å². The smallest absolute Gasteiger partial charge is 0.0787 e. The highest BCUT2D eigenvalue weighted by Gasteiger charge is 2.48. The topological polar surface area (TPSA) is 23.5 Å². The van der Waals surface area contributed by atoms with Crippen molar-refractivity contribution in [2.45, 2.75) is 103 Å². The van der Waals surface area contributed by atoms with Crippen LogP contribution in [0, 0.1) is 17.3 Å². The third kappa shape index (κ3) is 4.44. The van der Waals surface area contributed by atoms with E-state index in [2.05, 4.69) is 37.5 Å². The summed E-state index contributed by atoms with van der Waals surface area (Å²) in [7, 11) is 0. The molecule has 1 N–H and O–H groups in total. The van der Waals surface area contributed by atoms with Gasteiger partial charge in [-0.15, -0.1) is 0 Å². The number of aliphatic hydroxyl groups excluding tert-OH is 1. The van der Waals surface area contributed by atoms with Crippen molar-refractivity contribution in [1.82, 2.24) is 4.90 Å². The molecule has 3 unspecified atom stereocenters. The van der Waals surface area contributed by atoms with Crippen LogP contribution < -0.4 is 0 Å². The van der Waals surface area contributed by atoms with Gasteiger partial charge >= 0.3 is 0 Å². The number of hydrogen-bond acceptors (Lipinski definition) is 2. The van der Waals surface area contributed by atoms with Gasteiger partial charge in [-0.25, -0.2) is 0 Å². The highest BCUT2D eigenvalue weighted by Crippen LogP contribution is 2.58. The van der Waals surface area contributed by atoms with Crippen LogP contribution >= 0.6 is 0 Å². The molecule has 0 aromatic heterocycles. The second kappa shape index (κ2) is 9.10. The summed E-state index contributed by atoms with van der Waals surface area (Å²) in [5, 5.41) is 10.1. The number of allylic oxidation sites excluding steroid dienone is 3. The van der Waals surface area contributed by atoms with Gasteiger partial charge < -0.3 is 10.0 Å². The molecule has 0 aromatic rings. The Labute approximate surface area is 179 Å². The molecule has 0 spiro atoms. The van der Waals surface area contributed by atoms with Gasteiger partial charge in [0, 0.05) is 6.04 Å². The van der Waals surface area contributed by atoms with E-state index in [-0.39, 0.29) is 6.10 Å². The van der Waals surface area contributed by atoms with Crippen molar-refractivity contribution >= 4 is 0 Å². The Balaban J connectivity index is 1.42. The first kappa shape index (κ1) is 21.4. The van der Waals surface area contributed by atoms with Crippen molar-refractivity contribution in [2.75, 3.05) is 13.1 Å². The number of aliphatic hydroxyl groups is 1. The normalized spacial score (nSPS) is 41.8. The molecule has 1 heterocycles. The van der Waals surface area contributed by atoms with Gasteiger partial charge in [-0.05, 0) is 119 Å². The van der Waals surface area contributed by atoms with Crippen LogP contribution in [-0.2, 0) is 0 Å². The summed E-state index contributed by atoms with van der Waals surface area (Å²) in [6.07, 6.45) is 19.9. The Morgan fingerprint density at radius 2 is 1.93 bits per heavy atom. The Bertz CT molecular complexity index is 661. The molecule has 0 bridgehead atoms. The summed E-state index contributed by atoms with van der Waals surface area (Å²) in [5.74, 6) is 1.67. The van der Waals surface area contributed by atoms with Gasteiger partial charge in [0.2, 0.25) is 0 Å². The molecule has 1 aliphatic heterocycles. The van der Waals surface area contributed by atoms with Gasteiger partial charge in [0.15, 0.2) is 0 Å². The lowest BCUT2D eigenvalue weighted by atomic mass is 9.63. The molecule has 3 aliphatic carbocycles. The Kier molecular flexibility index (Phi) is 6.71. The van der Waals surface area contributed by atoms with Crippen LogP contribution in [0.1, 0.15) is 90.9 Å². The van der Waals surface area contributed by atoms with E-state index in [0.717, 1.165) is 42.7 Å². The monoisotopic (exact) mass is 397 g/mol. The third-order valence-electron chi connectivity index (χ3n) is 9.10. The summed E-state index contributed by atoms with van der Waals surface area (Å²) in [5.41, 5.74) is 4.45. The van der Waals surface area contributed by atoms with E-state index in [0.29, 0.717) is 5.41 Å². The van der Waals surface area contributed by atoms with Crippen molar-refractivity contribution in [2.24, 2.45) is 17.3 Å². The lowest BCUT2D eigenvalue weighted by Gasteiger charge is -2.43. The third-order valence-corrected chi connectivity index (χ3v) is 9.10. The number of hydrogen-bond donors (Lipinski definition) is 1. The van der Waals surface area contributed by atoms with Crippen LogP contribution in [0.4, 0.5) is 0 Å². The predicted molar refractivity (Wildman–Crippen MR) is 123 cm³/mol. The maximum atomic E-state index is 10.1. The fraction of sp³-hybridized carbons (Fsp3) is 0.778. The summed E-state index contributed by atoms with van der Waals surface area (Å²) in [6, 6.07) is 0.793. The number of likely N-dealkylation sites (tertiary alicyclic amines) is 1. The van der Waals surface area contributed by atoms with Crippen molar-refractivity contribution in [3.05, 3.63) is 35.5 Å². The van der Waals surface area contributed by atoms with E-state index in [9.17, 15) is 5.11 Å². The Hall–Kier alpha value is -0.860. The predicted octanol–water partition coefficient (Wildman–Crippen LogP) is 6.42. The van der Waals surface area contributed by atoms with Crippen LogP contribution in [0.2, 0.25) is 0 Å². The molecule has 0 amide bonds. The molecule has 3 saturated carbocycles. The molecule has 2 heteroatoms. The first-order valence-electron chi connectivity index (χ1n) is 12.5. The standard InChI is InChI=1S/C27H43NO/c1-20-8-4-5-18-28(20)19-16-24-14-15-25-23(10-7-17-27(24,25)3)13-12-22-9-6-11-26(29)21(22)2/h12-13,20,24-26,29H,2,4-11,14-19H2,1,3H3/b22-12-,23-13+/t20?,24-,25?,26+,27?/m1/s1. The number of piperidine rings is 1. The number of nitrogens with zero attached hydrogens (tertiary/aromatic N) is 1. The van der Waals surface area contributed by atoms with Crippen molar-refractivity contribution in [1.29, 1.82) is 0 Å². The summed E-state index contributed by atoms with van der Waals surface area (Å²) < 4.78 is 0. The summed E-state index contributed by atoms with van der Waals surface area (Å²) in [4.78, 5) is 2.77. The Morgan fingerprint density at radius 3 is 2.76 bits per heavy atom. The minimum atomic E-state index is -0.321. The minimum Gasteiger partial charge on any atom is -0.388 e.